The molecule has 0 aliphatic heterocycles. The maximum Gasteiger partial charge on any atom is 0.297 e. The van der Waals surface area contributed by atoms with E-state index in [4.69, 9.17) is 8.61 Å². The van der Waals surface area contributed by atoms with Crippen LogP contribution >= 0.6 is 0 Å². The van der Waals surface area contributed by atoms with Crippen LogP contribution in [0.2, 0.25) is 18.1 Å². The molecular formula is C19H32O5SSi. The first kappa shape index (κ1) is 23.0. The molecule has 0 heterocycles. The molecule has 0 amide bonds. The summed E-state index contributed by atoms with van der Waals surface area (Å²) in [7, 11) is -6.04. The van der Waals surface area contributed by atoms with Crippen molar-refractivity contribution in [3.8, 4) is 0 Å². The van der Waals surface area contributed by atoms with E-state index < -0.39 is 24.0 Å². The highest BCUT2D eigenvalue weighted by molar-refractivity contribution is 7.86. The summed E-state index contributed by atoms with van der Waals surface area (Å²) in [6, 6.07) is 6.52. The molecular weight excluding hydrogens is 368 g/mol. The van der Waals surface area contributed by atoms with Crippen LogP contribution in [0.3, 0.4) is 0 Å². The Morgan fingerprint density at radius 3 is 2.08 bits per heavy atom. The Balaban J connectivity index is 2.99. The van der Waals surface area contributed by atoms with Crippen molar-refractivity contribution in [2.45, 2.75) is 76.1 Å². The molecule has 0 saturated heterocycles. The predicted molar refractivity (Wildman–Crippen MR) is 106 cm³/mol. The van der Waals surface area contributed by atoms with E-state index in [2.05, 4.69) is 33.9 Å². The molecule has 0 fully saturated rings. The molecule has 148 valence electrons. The number of carbonyl (C=O) groups excluding carboxylic acids is 1. The molecule has 0 aromatic heterocycles. The fourth-order valence-corrected chi connectivity index (χ4v) is 4.97. The number of carbonyl (C=O) groups is 1. The maximum absolute atomic E-state index is 12.5. The minimum absolute atomic E-state index is 0.0364. The van der Waals surface area contributed by atoms with Gasteiger partial charge in [0.1, 0.15) is 6.29 Å². The molecule has 1 rings (SSSR count). The number of rotatable bonds is 9. The lowest BCUT2D eigenvalue weighted by atomic mass is 10.0. The lowest BCUT2D eigenvalue weighted by molar-refractivity contribution is -0.109. The van der Waals surface area contributed by atoms with E-state index in [0.717, 1.165) is 11.8 Å². The molecule has 0 spiro atoms. The molecule has 1 aromatic rings. The summed E-state index contributed by atoms with van der Waals surface area (Å²) in [4.78, 5) is 11.0. The Bertz CT molecular complexity index is 704. The van der Waals surface area contributed by atoms with Gasteiger partial charge in [0.25, 0.3) is 10.1 Å². The van der Waals surface area contributed by atoms with E-state index in [1.54, 1.807) is 12.1 Å². The van der Waals surface area contributed by atoms with Crippen LogP contribution in [0.4, 0.5) is 0 Å². The average molecular weight is 401 g/mol. The van der Waals surface area contributed by atoms with Gasteiger partial charge in [-0.25, -0.2) is 0 Å². The summed E-state index contributed by atoms with van der Waals surface area (Å²) in [6.07, 6.45) is 1.52. The van der Waals surface area contributed by atoms with Crippen LogP contribution < -0.4 is 0 Å². The van der Waals surface area contributed by atoms with Gasteiger partial charge >= 0.3 is 0 Å². The minimum atomic E-state index is -3.88. The molecule has 0 saturated carbocycles. The van der Waals surface area contributed by atoms with E-state index in [-0.39, 0.29) is 16.5 Å². The lowest BCUT2D eigenvalue weighted by Crippen LogP contribution is -2.50. The van der Waals surface area contributed by atoms with Gasteiger partial charge in [-0.2, -0.15) is 8.42 Å². The second-order valence-corrected chi connectivity index (χ2v) is 14.9. The van der Waals surface area contributed by atoms with Crippen LogP contribution in [0.5, 0.6) is 0 Å². The number of benzene rings is 1. The third-order valence-corrected chi connectivity index (χ3v) is 10.8. The van der Waals surface area contributed by atoms with Crippen molar-refractivity contribution in [3.05, 3.63) is 29.8 Å². The van der Waals surface area contributed by atoms with Crippen LogP contribution in [0.15, 0.2) is 29.2 Å². The van der Waals surface area contributed by atoms with Crippen molar-refractivity contribution < 1.29 is 21.8 Å². The highest BCUT2D eigenvalue weighted by atomic mass is 32.2. The quantitative estimate of drug-likeness (QED) is 0.348. The van der Waals surface area contributed by atoms with Gasteiger partial charge in [0.2, 0.25) is 0 Å². The van der Waals surface area contributed by atoms with Crippen molar-refractivity contribution in [2.24, 2.45) is 0 Å². The van der Waals surface area contributed by atoms with Gasteiger partial charge in [-0.3, -0.25) is 4.18 Å². The lowest BCUT2D eigenvalue weighted by Gasteiger charge is -2.44. The van der Waals surface area contributed by atoms with Crippen molar-refractivity contribution in [1.29, 1.82) is 0 Å². The maximum atomic E-state index is 12.5. The molecule has 26 heavy (non-hydrogen) atoms. The summed E-state index contributed by atoms with van der Waals surface area (Å²) in [5.41, 5.74) is 0.128. The summed E-state index contributed by atoms with van der Waals surface area (Å²) in [5.74, 6) is 0. The first-order valence-electron chi connectivity index (χ1n) is 8.82. The summed E-state index contributed by atoms with van der Waals surface area (Å²) in [6.45, 7) is 14.1. The van der Waals surface area contributed by atoms with Crippen molar-refractivity contribution >= 4 is 24.7 Å². The van der Waals surface area contributed by atoms with E-state index in [0.29, 0.717) is 12.8 Å². The van der Waals surface area contributed by atoms with E-state index in [9.17, 15) is 13.2 Å². The second-order valence-electron chi connectivity index (χ2n) is 8.55. The Labute approximate surface area is 159 Å². The Morgan fingerprint density at radius 2 is 1.62 bits per heavy atom. The van der Waals surface area contributed by atoms with Gasteiger partial charge in [0.05, 0.1) is 17.1 Å². The summed E-state index contributed by atoms with van der Waals surface area (Å²) in [5, 5.41) is -0.0364. The molecule has 1 atom stereocenters. The summed E-state index contributed by atoms with van der Waals surface area (Å²) >= 11 is 0. The van der Waals surface area contributed by atoms with Gasteiger partial charge in [-0.05, 0) is 50.5 Å². The molecule has 0 unspecified atom stereocenters. The Hall–Kier alpha value is -1.02. The third-order valence-electron chi connectivity index (χ3n) is 4.93. The predicted octanol–water partition coefficient (Wildman–Crippen LogP) is 4.46. The topological polar surface area (TPSA) is 69.7 Å². The van der Waals surface area contributed by atoms with Crippen molar-refractivity contribution in [1.82, 2.24) is 0 Å². The van der Waals surface area contributed by atoms with Crippen LogP contribution in [0.1, 0.15) is 46.1 Å². The molecule has 1 aromatic carbocycles. The zero-order chi connectivity index (χ0) is 20.2. The Kier molecular flexibility index (Phi) is 7.38. The molecule has 0 radical (unpaired) electrons. The minimum Gasteiger partial charge on any atom is -0.409 e. The molecule has 5 nitrogen and oxygen atoms in total. The van der Waals surface area contributed by atoms with Gasteiger partial charge in [-0.1, -0.05) is 38.5 Å². The van der Waals surface area contributed by atoms with Gasteiger partial charge < -0.3 is 9.22 Å². The first-order valence-corrected chi connectivity index (χ1v) is 13.1. The van der Waals surface area contributed by atoms with Crippen LogP contribution in [-0.2, 0) is 23.5 Å². The average Bonchev–Trinajstić information content (AvgIpc) is 2.50. The highest BCUT2D eigenvalue weighted by Gasteiger charge is 2.43. The van der Waals surface area contributed by atoms with Crippen LogP contribution in [0, 0.1) is 6.92 Å². The van der Waals surface area contributed by atoms with Gasteiger partial charge in [0.15, 0.2) is 8.32 Å². The van der Waals surface area contributed by atoms with E-state index in [1.165, 1.54) is 12.1 Å². The number of hydrogen-bond acceptors (Lipinski definition) is 5. The Morgan fingerprint density at radius 1 is 1.08 bits per heavy atom. The SMILES string of the molecule is Cc1ccc(S(=O)(=O)OC[C@](C)(CCC=O)O[Si](C)(C)C(C)(C)C)cc1. The molecule has 0 aliphatic carbocycles. The fourth-order valence-electron chi connectivity index (χ4n) is 2.26. The normalized spacial score (nSPS) is 15.5. The molecule has 0 aliphatic rings. The molecule has 0 bridgehead atoms. The van der Waals surface area contributed by atoms with E-state index in [1.807, 2.05) is 13.8 Å². The monoisotopic (exact) mass is 400 g/mol. The smallest absolute Gasteiger partial charge is 0.297 e. The second kappa shape index (κ2) is 8.33. The molecule has 0 N–H and O–H groups in total. The number of hydrogen-bond donors (Lipinski definition) is 0. The third kappa shape index (κ3) is 6.30. The number of aldehydes is 1. The van der Waals surface area contributed by atoms with Crippen LogP contribution in [0.25, 0.3) is 0 Å². The number of aryl methyl sites for hydroxylation is 1. The zero-order valence-electron chi connectivity index (χ0n) is 17.0. The standard InChI is InChI=1S/C19H32O5SSi/c1-16-9-11-17(12-10-16)25(21,22)23-15-19(5,13-8-14-20)24-26(6,7)18(2,3)4/h9-12,14H,8,13,15H2,1-7H3/t19-/m0/s1. The van der Waals surface area contributed by atoms with Crippen LogP contribution in [-0.4, -0.2) is 35.2 Å². The summed E-state index contributed by atoms with van der Waals surface area (Å²) < 4.78 is 36.7. The highest BCUT2D eigenvalue weighted by Crippen LogP contribution is 2.40. The molecule has 7 heteroatoms. The van der Waals surface area contributed by atoms with Gasteiger partial charge in [0, 0.05) is 6.42 Å². The van der Waals surface area contributed by atoms with Crippen molar-refractivity contribution in [3.63, 3.8) is 0 Å². The van der Waals surface area contributed by atoms with E-state index >= 15 is 0 Å². The fraction of sp³-hybridized carbons (Fsp3) is 0.632. The van der Waals surface area contributed by atoms with Gasteiger partial charge in [-0.15, -0.1) is 0 Å². The largest absolute Gasteiger partial charge is 0.409 e. The zero-order valence-corrected chi connectivity index (χ0v) is 18.8. The van der Waals surface area contributed by atoms with Crippen molar-refractivity contribution in [2.75, 3.05) is 6.61 Å². The first-order chi connectivity index (χ1) is 11.7.